The van der Waals surface area contributed by atoms with E-state index in [-0.39, 0.29) is 19.0 Å². The molecule has 7 nitrogen and oxygen atoms in total. The minimum atomic E-state index is -5.13. The number of nitrogens with two attached hydrogens (primary N) is 1. The van der Waals surface area contributed by atoms with Crippen molar-refractivity contribution >= 4 is 11.8 Å². The minimum absolute atomic E-state index is 0.166. The molecule has 10 heteroatoms. The average Bonchev–Trinajstić information content (AvgIpc) is 2.84. The van der Waals surface area contributed by atoms with Gasteiger partial charge in [-0.2, -0.15) is 13.2 Å². The minimum Gasteiger partial charge on any atom is -0.477 e. The smallest absolute Gasteiger partial charge is 0.430 e. The highest BCUT2D eigenvalue weighted by atomic mass is 19.4. The van der Waals surface area contributed by atoms with Crippen LogP contribution in [0.4, 0.5) is 13.2 Å². The van der Waals surface area contributed by atoms with Crippen molar-refractivity contribution in [3.63, 3.8) is 0 Å². The van der Waals surface area contributed by atoms with Gasteiger partial charge in [-0.05, 0) is 51.5 Å². The Labute approximate surface area is 208 Å². The van der Waals surface area contributed by atoms with Gasteiger partial charge in [-0.3, -0.25) is 9.59 Å². The van der Waals surface area contributed by atoms with Crippen LogP contribution >= 0.6 is 0 Å². The fourth-order valence-corrected chi connectivity index (χ4v) is 4.52. The first-order chi connectivity index (χ1) is 16.9. The molecule has 1 unspecified atom stereocenters. The van der Waals surface area contributed by atoms with Crippen LogP contribution in [0.25, 0.3) is 0 Å². The number of likely N-dealkylation sites (tertiary alicyclic amines) is 1. The lowest BCUT2D eigenvalue weighted by molar-refractivity contribution is -0.262. The molecule has 2 heterocycles. The Kier molecular flexibility index (Phi) is 8.60. The molecule has 1 aliphatic rings. The van der Waals surface area contributed by atoms with E-state index >= 15 is 0 Å². The molecule has 1 aromatic carbocycles. The molecule has 0 radical (unpaired) electrons. The highest BCUT2D eigenvalue weighted by Crippen LogP contribution is 2.41. The number of piperidine rings is 1. The van der Waals surface area contributed by atoms with Crippen LogP contribution in [0.2, 0.25) is 0 Å². The third-order valence-corrected chi connectivity index (χ3v) is 6.68. The van der Waals surface area contributed by atoms with E-state index in [0.29, 0.717) is 36.6 Å². The largest absolute Gasteiger partial charge is 0.477 e. The van der Waals surface area contributed by atoms with Crippen LogP contribution in [-0.2, 0) is 10.4 Å². The second-order valence-electron chi connectivity index (χ2n) is 9.26. The molecule has 3 rings (SSSR count). The third kappa shape index (κ3) is 5.98. The Morgan fingerprint density at radius 2 is 1.78 bits per heavy atom. The van der Waals surface area contributed by atoms with Gasteiger partial charge in [0.15, 0.2) is 0 Å². The number of ether oxygens (including phenoxy) is 1. The summed E-state index contributed by atoms with van der Waals surface area (Å²) in [6.45, 7) is 4.26. The van der Waals surface area contributed by atoms with Crippen LogP contribution in [0.5, 0.6) is 5.88 Å². The molecule has 36 heavy (non-hydrogen) atoms. The number of aliphatic hydroxyl groups is 1. The Hall–Kier alpha value is -3.14. The van der Waals surface area contributed by atoms with Crippen molar-refractivity contribution in [3.8, 4) is 5.88 Å². The quantitative estimate of drug-likeness (QED) is 0.499. The van der Waals surface area contributed by atoms with Crippen molar-refractivity contribution in [2.24, 2.45) is 11.7 Å². The first kappa shape index (κ1) is 27.4. The number of alkyl halides is 3. The first-order valence-corrected chi connectivity index (χ1v) is 12.0. The zero-order valence-electron chi connectivity index (χ0n) is 20.5. The molecule has 3 N–H and O–H groups in total. The second-order valence-corrected chi connectivity index (χ2v) is 9.26. The lowest BCUT2D eigenvalue weighted by Gasteiger charge is -2.38. The maximum atomic E-state index is 13.8. The number of aryl methyl sites for hydroxylation is 2. The van der Waals surface area contributed by atoms with E-state index in [9.17, 15) is 27.9 Å². The van der Waals surface area contributed by atoms with E-state index in [4.69, 9.17) is 10.5 Å². The van der Waals surface area contributed by atoms with Gasteiger partial charge in [0, 0.05) is 24.2 Å². The number of benzene rings is 1. The molecular weight excluding hydrogens is 475 g/mol. The number of pyridine rings is 1. The average molecular weight is 508 g/mol. The van der Waals surface area contributed by atoms with Crippen LogP contribution in [0, 0.1) is 19.8 Å². The molecule has 0 bridgehead atoms. The Morgan fingerprint density at radius 3 is 2.36 bits per heavy atom. The summed E-state index contributed by atoms with van der Waals surface area (Å²) < 4.78 is 47.2. The molecular formula is C26H32F3N3O4. The van der Waals surface area contributed by atoms with Gasteiger partial charge in [-0.15, -0.1) is 0 Å². The molecule has 1 saturated heterocycles. The monoisotopic (exact) mass is 507 g/mol. The Morgan fingerprint density at radius 1 is 1.14 bits per heavy atom. The molecule has 0 saturated carbocycles. The predicted octanol–water partition coefficient (Wildman–Crippen LogP) is 4.04. The van der Waals surface area contributed by atoms with Crippen LogP contribution in [0.1, 0.15) is 59.3 Å². The van der Waals surface area contributed by atoms with Crippen molar-refractivity contribution < 1.29 is 32.6 Å². The fraction of sp³-hybridized carbons (Fsp3) is 0.500. The van der Waals surface area contributed by atoms with Crippen LogP contribution < -0.4 is 10.5 Å². The number of amides is 2. The number of halogens is 3. The number of rotatable bonds is 9. The standard InChI is InChI=1S/C26H32F3N3O4/c1-17-16-21(22(30)33)18(2)31-23(17)36-15-7-6-8-19-11-13-32(14-12-19)24(34)25(35,26(27,28)29)20-9-4-3-5-10-20/h3-5,9-10,16,19,35H,6-8,11-15H2,1-2H3,(H2,30,33). The summed E-state index contributed by atoms with van der Waals surface area (Å²) in [5, 5.41) is 10.5. The van der Waals surface area contributed by atoms with Crippen molar-refractivity contribution in [1.29, 1.82) is 0 Å². The van der Waals surface area contributed by atoms with Crippen molar-refractivity contribution in [2.45, 2.75) is 57.7 Å². The zero-order valence-corrected chi connectivity index (χ0v) is 20.5. The molecule has 0 spiro atoms. The first-order valence-electron chi connectivity index (χ1n) is 12.0. The summed E-state index contributed by atoms with van der Waals surface area (Å²) in [4.78, 5) is 29.7. The lowest BCUT2D eigenvalue weighted by Crippen LogP contribution is -2.57. The van der Waals surface area contributed by atoms with Gasteiger partial charge in [-0.1, -0.05) is 36.8 Å². The van der Waals surface area contributed by atoms with Crippen molar-refractivity contribution in [2.75, 3.05) is 19.7 Å². The summed E-state index contributed by atoms with van der Waals surface area (Å²) in [7, 11) is 0. The summed E-state index contributed by atoms with van der Waals surface area (Å²) >= 11 is 0. The number of unbranched alkanes of at least 4 members (excludes halogenated alkanes) is 1. The normalized spacial score (nSPS) is 16.4. The molecule has 1 atom stereocenters. The number of hydrogen-bond donors (Lipinski definition) is 2. The Bertz CT molecular complexity index is 1070. The van der Waals surface area contributed by atoms with Gasteiger partial charge in [0.05, 0.1) is 17.9 Å². The fourth-order valence-electron chi connectivity index (χ4n) is 4.52. The zero-order chi connectivity index (χ0) is 26.5. The summed E-state index contributed by atoms with van der Waals surface area (Å²) in [5.74, 6) is -1.12. The van der Waals surface area contributed by atoms with Crippen molar-refractivity contribution in [3.05, 3.63) is 58.8 Å². The van der Waals surface area contributed by atoms with Crippen LogP contribution in [0.15, 0.2) is 36.4 Å². The van der Waals surface area contributed by atoms with E-state index in [1.165, 1.54) is 18.2 Å². The summed E-state index contributed by atoms with van der Waals surface area (Å²) in [6.07, 6.45) is -1.51. The number of hydrogen-bond acceptors (Lipinski definition) is 5. The molecule has 2 amide bonds. The maximum Gasteiger partial charge on any atom is 0.430 e. The molecule has 2 aromatic rings. The van der Waals surface area contributed by atoms with Gasteiger partial charge >= 0.3 is 6.18 Å². The van der Waals surface area contributed by atoms with Gasteiger partial charge in [0.2, 0.25) is 5.88 Å². The molecule has 1 fully saturated rings. The van der Waals surface area contributed by atoms with Gasteiger partial charge in [0.1, 0.15) is 0 Å². The van der Waals surface area contributed by atoms with E-state index in [0.717, 1.165) is 41.9 Å². The number of carbonyl (C=O) groups excluding carboxylic acids is 2. The van der Waals surface area contributed by atoms with E-state index < -0.39 is 29.2 Å². The molecule has 1 aliphatic heterocycles. The second kappa shape index (κ2) is 11.3. The van der Waals surface area contributed by atoms with E-state index in [1.807, 2.05) is 0 Å². The summed E-state index contributed by atoms with van der Waals surface area (Å²) in [5.41, 5.74) is 2.89. The number of nitrogens with zero attached hydrogens (tertiary/aromatic N) is 2. The molecule has 196 valence electrons. The van der Waals surface area contributed by atoms with E-state index in [1.54, 1.807) is 19.9 Å². The highest BCUT2D eigenvalue weighted by molar-refractivity contribution is 5.94. The SMILES string of the molecule is Cc1cc(C(N)=O)c(C)nc1OCCCCC1CCN(C(=O)C(O)(c2ccccc2)C(F)(F)F)CC1. The summed E-state index contributed by atoms with van der Waals surface area (Å²) in [6, 6.07) is 8.15. The number of primary amides is 1. The Balaban J connectivity index is 1.46. The lowest BCUT2D eigenvalue weighted by atomic mass is 9.88. The highest BCUT2D eigenvalue weighted by Gasteiger charge is 2.62. The van der Waals surface area contributed by atoms with Crippen LogP contribution in [0.3, 0.4) is 0 Å². The van der Waals surface area contributed by atoms with Crippen molar-refractivity contribution in [1.82, 2.24) is 9.88 Å². The number of carbonyl (C=O) groups is 2. The molecule has 0 aliphatic carbocycles. The third-order valence-electron chi connectivity index (χ3n) is 6.68. The van der Waals surface area contributed by atoms with Gasteiger partial charge < -0.3 is 20.5 Å². The van der Waals surface area contributed by atoms with Gasteiger partial charge in [-0.25, -0.2) is 4.98 Å². The topological polar surface area (TPSA) is 106 Å². The van der Waals surface area contributed by atoms with Gasteiger partial charge in [0.25, 0.3) is 17.4 Å². The van der Waals surface area contributed by atoms with Crippen LogP contribution in [-0.4, -0.2) is 52.7 Å². The predicted molar refractivity (Wildman–Crippen MR) is 127 cm³/mol. The molecule has 1 aromatic heterocycles. The number of aromatic nitrogens is 1. The van der Waals surface area contributed by atoms with E-state index in [2.05, 4.69) is 4.98 Å². The maximum absolute atomic E-state index is 13.8.